The average Bonchev–Trinajstić information content (AvgIpc) is 2.86. The van der Waals surface area contributed by atoms with E-state index in [0.29, 0.717) is 18.5 Å². The van der Waals surface area contributed by atoms with E-state index in [9.17, 15) is 4.79 Å². The van der Waals surface area contributed by atoms with Gasteiger partial charge in [-0.3, -0.25) is 9.78 Å². The van der Waals surface area contributed by atoms with Crippen molar-refractivity contribution in [3.8, 4) is 0 Å². The zero-order chi connectivity index (χ0) is 13.7. The molecule has 2 N–H and O–H groups in total. The lowest BCUT2D eigenvalue weighted by Gasteiger charge is -2.06. The van der Waals surface area contributed by atoms with E-state index in [1.54, 1.807) is 24.5 Å². The van der Waals surface area contributed by atoms with Crippen LogP contribution in [-0.2, 0) is 19.5 Å². The predicted octanol–water partition coefficient (Wildman–Crippen LogP) is 1.57. The maximum atomic E-state index is 12.2. The Labute approximate surface area is 112 Å². The molecule has 0 radical (unpaired) electrons. The Morgan fingerprint density at radius 2 is 2.21 bits per heavy atom. The number of carbonyl (C=O) groups is 1. The molecule has 0 amide bonds. The summed E-state index contributed by atoms with van der Waals surface area (Å²) in [6, 6.07) is 3.46. The van der Waals surface area contributed by atoms with Gasteiger partial charge in [-0.05, 0) is 18.6 Å². The number of rotatable bonds is 6. The first-order valence-electron chi connectivity index (χ1n) is 6.42. The van der Waals surface area contributed by atoms with Gasteiger partial charge in [0, 0.05) is 37.2 Å². The number of Topliss-reactive ketones (excluding diaryl/α,β-unsaturated/α-hetero) is 1. The van der Waals surface area contributed by atoms with E-state index in [4.69, 9.17) is 5.73 Å². The molecule has 0 aliphatic rings. The Bertz CT molecular complexity index is 562. The molecule has 2 aromatic rings. The molecule has 2 aromatic heterocycles. The average molecular weight is 258 g/mol. The zero-order valence-electron chi connectivity index (χ0n) is 11.0. The summed E-state index contributed by atoms with van der Waals surface area (Å²) in [7, 11) is 0. The highest BCUT2D eigenvalue weighted by atomic mass is 16.1. The second-order valence-electron chi connectivity index (χ2n) is 4.38. The number of hydrogen-bond acceptors (Lipinski definition) is 4. The van der Waals surface area contributed by atoms with Gasteiger partial charge in [-0.15, -0.1) is 0 Å². The van der Waals surface area contributed by atoms with Crippen molar-refractivity contribution in [3.63, 3.8) is 0 Å². The molecular weight excluding hydrogens is 240 g/mol. The van der Waals surface area contributed by atoms with E-state index < -0.39 is 0 Å². The molecule has 0 aromatic carbocycles. The largest absolute Gasteiger partial charge is 0.335 e. The first-order valence-corrected chi connectivity index (χ1v) is 6.42. The van der Waals surface area contributed by atoms with Crippen molar-refractivity contribution in [3.05, 3.63) is 47.8 Å². The highest BCUT2D eigenvalue weighted by Crippen LogP contribution is 2.08. The molecule has 100 valence electrons. The van der Waals surface area contributed by atoms with E-state index in [-0.39, 0.29) is 5.78 Å². The van der Waals surface area contributed by atoms with Gasteiger partial charge in [0.15, 0.2) is 5.78 Å². The minimum Gasteiger partial charge on any atom is -0.335 e. The van der Waals surface area contributed by atoms with Crippen molar-refractivity contribution in [1.29, 1.82) is 0 Å². The molecule has 0 saturated carbocycles. The van der Waals surface area contributed by atoms with Gasteiger partial charge in [-0.1, -0.05) is 6.92 Å². The summed E-state index contributed by atoms with van der Waals surface area (Å²) < 4.78 is 2.02. The highest BCUT2D eigenvalue weighted by Gasteiger charge is 2.11. The second kappa shape index (κ2) is 6.24. The summed E-state index contributed by atoms with van der Waals surface area (Å²) in [4.78, 5) is 20.5. The molecule has 0 bridgehead atoms. The predicted molar refractivity (Wildman–Crippen MR) is 72.7 cm³/mol. The van der Waals surface area contributed by atoms with Gasteiger partial charge in [0.2, 0.25) is 0 Å². The molecule has 0 atom stereocenters. The fraction of sp³-hybridized carbons (Fsp3) is 0.357. The number of pyridine rings is 1. The van der Waals surface area contributed by atoms with Gasteiger partial charge in [0.1, 0.15) is 5.82 Å². The fourth-order valence-electron chi connectivity index (χ4n) is 1.96. The first-order chi connectivity index (χ1) is 9.24. The van der Waals surface area contributed by atoms with E-state index in [0.717, 1.165) is 24.5 Å². The van der Waals surface area contributed by atoms with Crippen molar-refractivity contribution in [1.82, 2.24) is 14.5 Å². The Morgan fingerprint density at radius 3 is 2.95 bits per heavy atom. The van der Waals surface area contributed by atoms with Gasteiger partial charge in [-0.25, -0.2) is 4.98 Å². The van der Waals surface area contributed by atoms with E-state index in [2.05, 4.69) is 16.9 Å². The molecule has 0 unspecified atom stereocenters. The Kier molecular flexibility index (Phi) is 4.41. The molecule has 2 rings (SSSR count). The van der Waals surface area contributed by atoms with Crippen LogP contribution < -0.4 is 5.73 Å². The third-order valence-electron chi connectivity index (χ3n) is 2.93. The summed E-state index contributed by atoms with van der Waals surface area (Å²) in [6.45, 7) is 3.32. The van der Waals surface area contributed by atoms with Crippen LogP contribution >= 0.6 is 0 Å². The molecule has 19 heavy (non-hydrogen) atoms. The van der Waals surface area contributed by atoms with Crippen molar-refractivity contribution in [2.45, 2.75) is 32.9 Å². The third-order valence-corrected chi connectivity index (χ3v) is 2.93. The number of hydrogen-bond donors (Lipinski definition) is 1. The Balaban J connectivity index is 2.13. The number of aryl methyl sites for hydroxylation is 1. The van der Waals surface area contributed by atoms with Crippen molar-refractivity contribution in [2.24, 2.45) is 5.73 Å². The highest BCUT2D eigenvalue weighted by molar-refractivity contribution is 5.97. The van der Waals surface area contributed by atoms with Crippen LogP contribution in [0.4, 0.5) is 0 Å². The second-order valence-corrected chi connectivity index (χ2v) is 4.38. The van der Waals surface area contributed by atoms with Crippen LogP contribution in [0.2, 0.25) is 0 Å². The summed E-state index contributed by atoms with van der Waals surface area (Å²) in [5.41, 5.74) is 6.89. The van der Waals surface area contributed by atoms with Crippen molar-refractivity contribution >= 4 is 5.78 Å². The number of aromatic nitrogens is 3. The molecule has 5 heteroatoms. The van der Waals surface area contributed by atoms with Gasteiger partial charge in [0.25, 0.3) is 0 Å². The van der Waals surface area contributed by atoms with Crippen LogP contribution in [0.25, 0.3) is 0 Å². The maximum absolute atomic E-state index is 12.2. The number of carbonyl (C=O) groups excluding carboxylic acids is 1. The van der Waals surface area contributed by atoms with Crippen molar-refractivity contribution in [2.75, 3.05) is 0 Å². The van der Waals surface area contributed by atoms with Gasteiger partial charge in [-0.2, -0.15) is 0 Å². The van der Waals surface area contributed by atoms with E-state index in [1.807, 2.05) is 10.8 Å². The summed E-state index contributed by atoms with van der Waals surface area (Å²) >= 11 is 0. The lowest BCUT2D eigenvalue weighted by molar-refractivity contribution is 0.0989. The maximum Gasteiger partial charge on any atom is 0.170 e. The number of imidazole rings is 1. The monoisotopic (exact) mass is 258 g/mol. The SMILES string of the molecule is CCCn1ccnc1CC(=O)c1ccnc(CN)c1. The molecule has 0 aliphatic carbocycles. The summed E-state index contributed by atoms with van der Waals surface area (Å²) in [5, 5.41) is 0. The molecule has 2 heterocycles. The van der Waals surface area contributed by atoms with E-state index in [1.165, 1.54) is 0 Å². The standard InChI is InChI=1S/C14H18N4O/c1-2-6-18-7-5-17-14(18)9-13(19)11-3-4-16-12(8-11)10-15/h3-5,7-8H,2,6,9-10,15H2,1H3. The van der Waals surface area contributed by atoms with Crippen LogP contribution in [0.15, 0.2) is 30.7 Å². The quantitative estimate of drug-likeness (QED) is 0.798. The minimum atomic E-state index is 0.0423. The summed E-state index contributed by atoms with van der Waals surface area (Å²) in [6.07, 6.45) is 6.58. The van der Waals surface area contributed by atoms with Crippen LogP contribution in [0.5, 0.6) is 0 Å². The number of nitrogens with two attached hydrogens (primary N) is 1. The zero-order valence-corrected chi connectivity index (χ0v) is 11.0. The van der Waals surface area contributed by atoms with Gasteiger partial charge >= 0.3 is 0 Å². The Hall–Kier alpha value is -2.01. The third kappa shape index (κ3) is 3.26. The molecule has 0 fully saturated rings. The minimum absolute atomic E-state index is 0.0423. The molecule has 5 nitrogen and oxygen atoms in total. The van der Waals surface area contributed by atoms with Gasteiger partial charge in [0.05, 0.1) is 12.1 Å². The molecule has 0 aliphatic heterocycles. The van der Waals surface area contributed by atoms with Crippen LogP contribution in [0.3, 0.4) is 0 Å². The Morgan fingerprint density at radius 1 is 1.37 bits per heavy atom. The van der Waals surface area contributed by atoms with Crippen LogP contribution in [0, 0.1) is 0 Å². The van der Waals surface area contributed by atoms with Crippen LogP contribution in [0.1, 0.15) is 35.2 Å². The summed E-state index contributed by atoms with van der Waals surface area (Å²) in [5.74, 6) is 0.846. The topological polar surface area (TPSA) is 73.8 Å². The fourth-order valence-corrected chi connectivity index (χ4v) is 1.96. The van der Waals surface area contributed by atoms with Crippen LogP contribution in [-0.4, -0.2) is 20.3 Å². The molecule has 0 saturated heterocycles. The first kappa shape index (κ1) is 13.4. The lowest BCUT2D eigenvalue weighted by atomic mass is 10.1. The lowest BCUT2D eigenvalue weighted by Crippen LogP contribution is -2.11. The normalized spacial score (nSPS) is 10.6. The smallest absolute Gasteiger partial charge is 0.170 e. The van der Waals surface area contributed by atoms with Gasteiger partial charge < -0.3 is 10.3 Å². The van der Waals surface area contributed by atoms with Crippen molar-refractivity contribution < 1.29 is 4.79 Å². The molecular formula is C14H18N4O. The number of ketones is 1. The van der Waals surface area contributed by atoms with E-state index >= 15 is 0 Å². The number of nitrogens with zero attached hydrogens (tertiary/aromatic N) is 3. The molecule has 0 spiro atoms.